The van der Waals surface area contributed by atoms with E-state index in [1.165, 1.54) is 18.4 Å². The van der Waals surface area contributed by atoms with Crippen LogP contribution in [0.25, 0.3) is 0 Å². The number of carbonyl (C=O) groups is 9. The molecule has 20 nitrogen and oxygen atoms in total. The van der Waals surface area contributed by atoms with Crippen LogP contribution >= 0.6 is 11.8 Å². The van der Waals surface area contributed by atoms with Gasteiger partial charge in [-0.15, -0.1) is 0 Å². The lowest BCUT2D eigenvalue weighted by atomic mass is 10.1. The Morgan fingerprint density at radius 2 is 1.15 bits per heavy atom. The Bertz CT molecular complexity index is 1490. The Kier molecular flexibility index (Phi) is 43.0. The highest BCUT2D eigenvalue weighted by atomic mass is 32.2. The van der Waals surface area contributed by atoms with Crippen LogP contribution in [0.15, 0.2) is 60.7 Å². The molecular weight excluding hydrogens is 803 g/mol. The number of benzene rings is 2. The average Bonchev–Trinajstić information content (AvgIpc) is 3.21. The van der Waals surface area contributed by atoms with Crippen molar-refractivity contribution in [1.82, 2.24) is 31.9 Å². The fourth-order valence-electron chi connectivity index (χ4n) is 3.62. The Hall–Kier alpha value is -6.06. The van der Waals surface area contributed by atoms with E-state index in [0.717, 1.165) is 5.56 Å². The molecule has 0 spiro atoms. The van der Waals surface area contributed by atoms with Crippen molar-refractivity contribution in [3.63, 3.8) is 0 Å². The summed E-state index contributed by atoms with van der Waals surface area (Å²) in [5, 5.41) is 30.3. The van der Waals surface area contributed by atoms with Crippen LogP contribution in [0.4, 0.5) is 0 Å². The van der Waals surface area contributed by atoms with Gasteiger partial charge in [-0.2, -0.15) is 11.8 Å². The summed E-state index contributed by atoms with van der Waals surface area (Å²) < 4.78 is 0. The first-order valence-electron chi connectivity index (χ1n) is 18.5. The Morgan fingerprint density at radius 3 is 1.52 bits per heavy atom. The lowest BCUT2D eigenvalue weighted by Gasteiger charge is -2.14. The molecule has 0 aromatic heterocycles. The molecule has 338 valence electrons. The maximum Gasteiger partial charge on any atom is 0.305 e. The summed E-state index contributed by atoms with van der Waals surface area (Å²) in [6, 6.07) is 18.7. The summed E-state index contributed by atoms with van der Waals surface area (Å²) in [6.07, 6.45) is 3.63. The second kappa shape index (κ2) is 42.5. The number of rotatable bonds is 21. The van der Waals surface area contributed by atoms with E-state index >= 15 is 0 Å². The standard InChI is InChI=1S/C16H22N4O4.C7H11N3O5.C7H8.C5H11NO2.C3H8S.CH5N/c1-12(7-13-5-3-2-4-6-13)20-16(24)10-19-15(23)9-18-14(22)8-17-11-21;8-7(15)4(1-6(13)14)10-5(12)2-9-3-11;1-7-5-3-2-4-6-7;1-4(6)2-3-5(7)8;1-3-4-2;1-2/h2-6,11-12H,7-10H2,1H3,(H,17,21)(H,18,22)(H,19,23)(H,20,24);3-4H,1-2H2,(H2,8,15)(H,9,11)(H,10,12)(H,13,14);2-6H,1H3;4H,2-3,6H2,1H3,(H,7,8);3H2,1-2H3;2H2,1H3/t;;;4-;;/m...1../s1. The minimum atomic E-state index is -1.27. The second-order valence-corrected chi connectivity index (χ2v) is 13.1. The van der Waals surface area contributed by atoms with E-state index in [9.17, 15) is 43.2 Å². The number of hydrogen-bond acceptors (Lipinski definition) is 12. The molecule has 60 heavy (non-hydrogen) atoms. The molecule has 14 N–H and O–H groups in total. The van der Waals surface area contributed by atoms with Crippen molar-refractivity contribution in [2.45, 2.75) is 71.5 Å². The number of carbonyl (C=O) groups excluding carboxylic acids is 7. The van der Waals surface area contributed by atoms with Gasteiger partial charge in [-0.05, 0) is 58.2 Å². The van der Waals surface area contributed by atoms with E-state index in [1.54, 1.807) is 6.92 Å². The van der Waals surface area contributed by atoms with Gasteiger partial charge in [0, 0.05) is 18.5 Å². The fourth-order valence-corrected chi connectivity index (χ4v) is 3.62. The van der Waals surface area contributed by atoms with Crippen LogP contribution in [-0.4, -0.2) is 128 Å². The van der Waals surface area contributed by atoms with Gasteiger partial charge < -0.3 is 59.3 Å². The molecule has 0 aliphatic carbocycles. The van der Waals surface area contributed by atoms with Gasteiger partial charge in [0.1, 0.15) is 6.04 Å². The van der Waals surface area contributed by atoms with Gasteiger partial charge in [0.25, 0.3) is 0 Å². The second-order valence-electron chi connectivity index (χ2n) is 12.0. The number of nitrogens with two attached hydrogens (primary N) is 3. The van der Waals surface area contributed by atoms with Gasteiger partial charge >= 0.3 is 11.9 Å². The van der Waals surface area contributed by atoms with Gasteiger partial charge in [-0.1, -0.05) is 73.2 Å². The largest absolute Gasteiger partial charge is 0.481 e. The third-order valence-corrected chi connectivity index (χ3v) is 7.05. The molecule has 0 bridgehead atoms. The molecule has 7 amide bonds. The van der Waals surface area contributed by atoms with Crippen LogP contribution < -0.4 is 49.1 Å². The number of aryl methyl sites for hydroxylation is 1. The zero-order valence-electron chi connectivity index (χ0n) is 35.2. The van der Waals surface area contributed by atoms with E-state index in [1.807, 2.05) is 67.2 Å². The van der Waals surface area contributed by atoms with Crippen molar-refractivity contribution in [3.05, 3.63) is 71.8 Å². The van der Waals surface area contributed by atoms with Gasteiger partial charge in [0.2, 0.25) is 42.4 Å². The quantitative estimate of drug-likeness (QED) is 0.0673. The van der Waals surface area contributed by atoms with Crippen LogP contribution in [0.3, 0.4) is 0 Å². The van der Waals surface area contributed by atoms with E-state index in [4.69, 9.17) is 21.7 Å². The number of carboxylic acid groups (broad SMARTS) is 2. The molecule has 0 aliphatic heterocycles. The summed E-state index contributed by atoms with van der Waals surface area (Å²) >= 11 is 1.86. The minimum Gasteiger partial charge on any atom is -0.481 e. The summed E-state index contributed by atoms with van der Waals surface area (Å²) in [4.78, 5) is 96.1. The molecule has 0 aliphatic rings. The number of aliphatic carboxylic acids is 2. The highest BCUT2D eigenvalue weighted by Gasteiger charge is 2.20. The maximum absolute atomic E-state index is 11.8. The summed E-state index contributed by atoms with van der Waals surface area (Å²) in [5.41, 5.74) is 17.1. The third-order valence-electron chi connectivity index (χ3n) is 6.48. The van der Waals surface area contributed by atoms with E-state index in [-0.39, 0.29) is 50.6 Å². The first kappa shape index (κ1) is 60.6. The first-order valence-corrected chi connectivity index (χ1v) is 19.9. The number of carboxylic acids is 2. The van der Waals surface area contributed by atoms with E-state index < -0.39 is 48.0 Å². The van der Waals surface area contributed by atoms with Crippen LogP contribution in [0.2, 0.25) is 0 Å². The SMILES string of the molecule is CC(Cc1ccccc1)NC(=O)CNC(=O)CNC(=O)CNC=O.CCSC.CN.C[C@@H](N)CCC(=O)O.Cc1ccccc1.NC(=O)C(CC(=O)O)NC(=O)CNC=O. The van der Waals surface area contributed by atoms with Gasteiger partial charge in [-0.3, -0.25) is 43.2 Å². The Balaban J connectivity index is -0.000000368. The highest BCUT2D eigenvalue weighted by molar-refractivity contribution is 7.98. The normalized spacial score (nSPS) is 10.6. The average molecular weight is 868 g/mol. The van der Waals surface area contributed by atoms with Crippen molar-refractivity contribution in [2.24, 2.45) is 17.2 Å². The molecule has 2 aromatic carbocycles. The molecule has 0 saturated heterocycles. The molecule has 2 unspecified atom stereocenters. The zero-order chi connectivity index (χ0) is 46.7. The summed E-state index contributed by atoms with van der Waals surface area (Å²) in [7, 11) is 1.50. The van der Waals surface area contributed by atoms with Crippen LogP contribution in [0.1, 0.15) is 51.2 Å². The molecule has 3 atom stereocenters. The van der Waals surface area contributed by atoms with Crippen LogP contribution in [0.5, 0.6) is 0 Å². The van der Waals surface area contributed by atoms with Gasteiger partial charge in [0.05, 0.1) is 32.6 Å². The molecule has 21 heteroatoms. The fraction of sp³-hybridized carbons (Fsp3) is 0.462. The molecule has 0 heterocycles. The molecule has 0 radical (unpaired) electrons. The third kappa shape index (κ3) is 46.3. The molecule has 0 fully saturated rings. The number of hydrogen-bond donors (Lipinski definition) is 11. The first-order chi connectivity index (χ1) is 28.4. The molecule has 2 aromatic rings. The number of nitrogens with one attached hydrogen (secondary N) is 6. The topological polar surface area (TPSA) is 344 Å². The van der Waals surface area contributed by atoms with E-state index in [0.29, 0.717) is 25.7 Å². The zero-order valence-corrected chi connectivity index (χ0v) is 36.0. The summed E-state index contributed by atoms with van der Waals surface area (Å²) in [5.74, 6) is -3.71. The van der Waals surface area contributed by atoms with Crippen LogP contribution in [0, 0.1) is 6.92 Å². The predicted molar refractivity (Wildman–Crippen MR) is 231 cm³/mol. The Labute approximate surface area is 356 Å². The molecular formula is C39H65N9O11S. The van der Waals surface area contributed by atoms with Crippen molar-refractivity contribution in [3.8, 4) is 0 Å². The monoisotopic (exact) mass is 867 g/mol. The van der Waals surface area contributed by atoms with Crippen LogP contribution in [-0.2, 0) is 49.6 Å². The lowest BCUT2D eigenvalue weighted by Crippen LogP contribution is -2.48. The number of thioether (sulfide) groups is 1. The Morgan fingerprint density at radius 1 is 0.717 bits per heavy atom. The maximum atomic E-state index is 11.8. The van der Waals surface area contributed by atoms with Gasteiger partial charge in [-0.25, -0.2) is 0 Å². The lowest BCUT2D eigenvalue weighted by molar-refractivity contribution is -0.140. The van der Waals surface area contributed by atoms with Crippen molar-refractivity contribution >= 4 is 66.1 Å². The predicted octanol–water partition coefficient (Wildman–Crippen LogP) is -0.973. The summed E-state index contributed by atoms with van der Waals surface area (Å²) in [6.45, 7) is 6.94. The van der Waals surface area contributed by atoms with Crippen molar-refractivity contribution < 1.29 is 53.4 Å². The molecule has 0 saturated carbocycles. The van der Waals surface area contributed by atoms with Crippen molar-refractivity contribution in [1.29, 1.82) is 0 Å². The number of primary amides is 1. The smallest absolute Gasteiger partial charge is 0.305 e. The molecule has 2 rings (SSSR count). The highest BCUT2D eigenvalue weighted by Crippen LogP contribution is 2.02. The van der Waals surface area contributed by atoms with Crippen molar-refractivity contribution in [2.75, 3.05) is 45.2 Å². The van der Waals surface area contributed by atoms with E-state index in [2.05, 4.69) is 69.9 Å². The minimum absolute atomic E-state index is 0.00565. The van der Waals surface area contributed by atoms with Gasteiger partial charge in [0.15, 0.2) is 0 Å². The number of amides is 7.